The molecule has 130 valence electrons. The van der Waals surface area contributed by atoms with E-state index < -0.39 is 23.2 Å². The lowest BCUT2D eigenvalue weighted by Crippen LogP contribution is -2.16. The molecule has 2 aromatic heterocycles. The zero-order valence-electron chi connectivity index (χ0n) is 12.7. The molecule has 0 aliphatic rings. The SMILES string of the molecule is O=C(CSc1nnc(NCc2ccco2)s1)Nc1c(F)cccc1F. The molecule has 2 N–H and O–H groups in total. The first-order valence-corrected chi connectivity index (χ1v) is 8.88. The summed E-state index contributed by atoms with van der Waals surface area (Å²) in [6.45, 7) is 0.472. The van der Waals surface area contributed by atoms with Crippen LogP contribution in [0.4, 0.5) is 19.6 Å². The summed E-state index contributed by atoms with van der Waals surface area (Å²) in [5.41, 5.74) is -0.453. The van der Waals surface area contributed by atoms with E-state index in [-0.39, 0.29) is 5.75 Å². The third-order valence-corrected chi connectivity index (χ3v) is 4.97. The highest BCUT2D eigenvalue weighted by atomic mass is 32.2. The minimum atomic E-state index is -0.821. The van der Waals surface area contributed by atoms with Gasteiger partial charge in [-0.1, -0.05) is 29.2 Å². The number of halogens is 2. The molecule has 10 heteroatoms. The number of furan rings is 1. The van der Waals surface area contributed by atoms with Crippen molar-refractivity contribution in [3.05, 3.63) is 54.0 Å². The van der Waals surface area contributed by atoms with Gasteiger partial charge in [0.25, 0.3) is 0 Å². The Balaban J connectivity index is 1.49. The number of nitrogens with zero attached hydrogens (tertiary/aromatic N) is 2. The monoisotopic (exact) mass is 382 g/mol. The van der Waals surface area contributed by atoms with Crippen LogP contribution in [0.1, 0.15) is 5.76 Å². The zero-order valence-corrected chi connectivity index (χ0v) is 14.3. The molecule has 0 radical (unpaired) electrons. The Morgan fingerprint density at radius 2 is 2.00 bits per heavy atom. The molecule has 25 heavy (non-hydrogen) atoms. The van der Waals surface area contributed by atoms with Crippen LogP contribution in [-0.4, -0.2) is 21.9 Å². The van der Waals surface area contributed by atoms with Crippen molar-refractivity contribution in [2.45, 2.75) is 10.9 Å². The lowest BCUT2D eigenvalue weighted by molar-refractivity contribution is -0.113. The van der Waals surface area contributed by atoms with Gasteiger partial charge in [0.15, 0.2) is 4.34 Å². The highest BCUT2D eigenvalue weighted by molar-refractivity contribution is 8.01. The average molecular weight is 382 g/mol. The molecule has 0 aliphatic heterocycles. The number of aromatic nitrogens is 2. The van der Waals surface area contributed by atoms with E-state index in [4.69, 9.17) is 4.42 Å². The molecule has 0 saturated heterocycles. The summed E-state index contributed by atoms with van der Waals surface area (Å²) in [6, 6.07) is 7.00. The molecule has 0 atom stereocenters. The van der Waals surface area contributed by atoms with Crippen LogP contribution in [0, 0.1) is 11.6 Å². The predicted molar refractivity (Wildman–Crippen MR) is 91.7 cm³/mol. The Labute approximate surface area is 149 Å². The Morgan fingerprint density at radius 3 is 2.72 bits per heavy atom. The Hall–Kier alpha value is -2.46. The topological polar surface area (TPSA) is 80.1 Å². The van der Waals surface area contributed by atoms with E-state index in [2.05, 4.69) is 20.8 Å². The summed E-state index contributed by atoms with van der Waals surface area (Å²) in [4.78, 5) is 11.8. The quantitative estimate of drug-likeness (QED) is 0.606. The van der Waals surface area contributed by atoms with Crippen molar-refractivity contribution >= 4 is 39.8 Å². The molecular weight excluding hydrogens is 370 g/mol. The third-order valence-electron chi connectivity index (χ3n) is 2.95. The van der Waals surface area contributed by atoms with E-state index in [1.807, 2.05) is 6.07 Å². The van der Waals surface area contributed by atoms with E-state index >= 15 is 0 Å². The van der Waals surface area contributed by atoms with Crippen LogP contribution >= 0.6 is 23.1 Å². The van der Waals surface area contributed by atoms with Crippen molar-refractivity contribution in [1.29, 1.82) is 0 Å². The van der Waals surface area contributed by atoms with Crippen molar-refractivity contribution in [2.75, 3.05) is 16.4 Å². The molecule has 3 aromatic rings. The van der Waals surface area contributed by atoms with Crippen LogP contribution in [0.25, 0.3) is 0 Å². The lowest BCUT2D eigenvalue weighted by Gasteiger charge is -2.06. The summed E-state index contributed by atoms with van der Waals surface area (Å²) in [5.74, 6) is -1.46. The molecule has 0 unspecified atom stereocenters. The standard InChI is InChI=1S/C15H12F2N4O2S2/c16-10-4-1-5-11(17)13(10)19-12(22)8-24-15-21-20-14(25-15)18-7-9-3-2-6-23-9/h1-6H,7-8H2,(H,18,20)(H,19,22). The van der Waals surface area contributed by atoms with Gasteiger partial charge in [-0.05, 0) is 24.3 Å². The Morgan fingerprint density at radius 1 is 1.20 bits per heavy atom. The molecular formula is C15H12F2N4O2S2. The van der Waals surface area contributed by atoms with Gasteiger partial charge in [-0.15, -0.1) is 10.2 Å². The second-order valence-electron chi connectivity index (χ2n) is 4.74. The number of nitrogens with one attached hydrogen (secondary N) is 2. The Kier molecular flexibility index (Phi) is 5.61. The Bertz CT molecular complexity index is 835. The first-order chi connectivity index (χ1) is 12.1. The number of para-hydroxylation sites is 1. The smallest absolute Gasteiger partial charge is 0.234 e. The summed E-state index contributed by atoms with van der Waals surface area (Å²) >= 11 is 2.40. The fourth-order valence-electron chi connectivity index (χ4n) is 1.84. The summed E-state index contributed by atoms with van der Waals surface area (Å²) in [6.07, 6.45) is 1.58. The molecule has 1 aromatic carbocycles. The van der Waals surface area contributed by atoms with Gasteiger partial charge in [0.1, 0.15) is 23.1 Å². The number of hydrogen-bond acceptors (Lipinski definition) is 7. The second kappa shape index (κ2) is 8.08. The number of carbonyl (C=O) groups excluding carboxylic acids is 1. The van der Waals surface area contributed by atoms with E-state index in [1.165, 1.54) is 17.4 Å². The van der Waals surface area contributed by atoms with Crippen LogP contribution in [0.2, 0.25) is 0 Å². The van der Waals surface area contributed by atoms with Crippen LogP contribution in [-0.2, 0) is 11.3 Å². The largest absolute Gasteiger partial charge is 0.467 e. The summed E-state index contributed by atoms with van der Waals surface area (Å²) in [7, 11) is 0. The van der Waals surface area contributed by atoms with Gasteiger partial charge >= 0.3 is 0 Å². The number of thioether (sulfide) groups is 1. The van der Waals surface area contributed by atoms with Gasteiger partial charge in [0, 0.05) is 0 Å². The van der Waals surface area contributed by atoms with Gasteiger partial charge in [-0.25, -0.2) is 8.78 Å². The number of anilines is 2. The fraction of sp³-hybridized carbons (Fsp3) is 0.133. The highest BCUT2D eigenvalue weighted by Gasteiger charge is 2.13. The van der Waals surface area contributed by atoms with Gasteiger partial charge in [0.05, 0.1) is 18.6 Å². The molecule has 0 aliphatic carbocycles. The number of rotatable bonds is 7. The van der Waals surface area contributed by atoms with Crippen molar-refractivity contribution in [2.24, 2.45) is 0 Å². The molecule has 0 fully saturated rings. The summed E-state index contributed by atoms with van der Waals surface area (Å²) < 4.78 is 32.7. The number of amides is 1. The summed E-state index contributed by atoms with van der Waals surface area (Å²) in [5, 5.41) is 13.7. The van der Waals surface area contributed by atoms with E-state index in [1.54, 1.807) is 12.3 Å². The molecule has 3 rings (SSSR count). The maximum Gasteiger partial charge on any atom is 0.234 e. The van der Waals surface area contributed by atoms with Crippen molar-refractivity contribution in [1.82, 2.24) is 10.2 Å². The van der Waals surface area contributed by atoms with Gasteiger partial charge in [-0.2, -0.15) is 0 Å². The predicted octanol–water partition coefficient (Wildman–Crippen LogP) is 3.75. The van der Waals surface area contributed by atoms with Gasteiger partial charge in [-0.3, -0.25) is 4.79 Å². The lowest BCUT2D eigenvalue weighted by atomic mass is 10.3. The van der Waals surface area contributed by atoms with Crippen molar-refractivity contribution in [3.8, 4) is 0 Å². The molecule has 1 amide bonds. The van der Waals surface area contributed by atoms with E-state index in [0.29, 0.717) is 16.0 Å². The van der Waals surface area contributed by atoms with Crippen LogP contribution in [0.15, 0.2) is 45.4 Å². The third kappa shape index (κ3) is 4.77. The maximum atomic E-state index is 13.5. The second-order valence-corrected chi connectivity index (χ2v) is 6.94. The van der Waals surface area contributed by atoms with E-state index in [0.717, 1.165) is 29.7 Å². The molecule has 0 spiro atoms. The van der Waals surface area contributed by atoms with Gasteiger partial charge < -0.3 is 15.1 Å². The fourth-order valence-corrected chi connectivity index (χ4v) is 3.38. The first kappa shape index (κ1) is 17.4. The molecule has 0 bridgehead atoms. The minimum Gasteiger partial charge on any atom is -0.467 e. The number of hydrogen-bond donors (Lipinski definition) is 2. The van der Waals surface area contributed by atoms with Crippen LogP contribution in [0.3, 0.4) is 0 Å². The zero-order chi connectivity index (χ0) is 17.6. The molecule has 6 nitrogen and oxygen atoms in total. The number of carbonyl (C=O) groups is 1. The van der Waals surface area contributed by atoms with E-state index in [9.17, 15) is 13.6 Å². The first-order valence-electron chi connectivity index (χ1n) is 7.08. The average Bonchev–Trinajstić information content (AvgIpc) is 3.26. The van der Waals surface area contributed by atoms with Crippen LogP contribution < -0.4 is 10.6 Å². The van der Waals surface area contributed by atoms with Crippen molar-refractivity contribution in [3.63, 3.8) is 0 Å². The van der Waals surface area contributed by atoms with Gasteiger partial charge in [0.2, 0.25) is 11.0 Å². The number of benzene rings is 1. The van der Waals surface area contributed by atoms with Crippen molar-refractivity contribution < 1.29 is 18.0 Å². The van der Waals surface area contributed by atoms with Crippen LogP contribution in [0.5, 0.6) is 0 Å². The minimum absolute atomic E-state index is 0.0411. The molecule has 2 heterocycles. The normalized spacial score (nSPS) is 10.6. The highest BCUT2D eigenvalue weighted by Crippen LogP contribution is 2.26. The molecule has 0 saturated carbocycles. The maximum absolute atomic E-state index is 13.5.